The van der Waals surface area contributed by atoms with Gasteiger partial charge in [0.1, 0.15) is 0 Å². The molecule has 1 amide bonds. The molecule has 0 saturated carbocycles. The fourth-order valence-electron chi connectivity index (χ4n) is 4.70. The quantitative estimate of drug-likeness (QED) is 0.0496. The third-order valence-electron chi connectivity index (χ3n) is 7.13. The van der Waals surface area contributed by atoms with Crippen molar-refractivity contribution < 1.29 is 22.9 Å². The van der Waals surface area contributed by atoms with Crippen LogP contribution in [0.4, 0.5) is 0 Å². The van der Waals surface area contributed by atoms with Gasteiger partial charge in [-0.25, -0.2) is 0 Å². The SMILES string of the molecule is CCCCCCCCCCCCC/C=C/CC/C=C/C(O)C(CS(=O)(=O)O)NC(=O)CCCCCCCCC. The molecule has 2 unspecified atom stereocenters. The lowest BCUT2D eigenvalue weighted by Gasteiger charge is -2.21. The summed E-state index contributed by atoms with van der Waals surface area (Å²) in [5.74, 6) is -1.00. The highest BCUT2D eigenvalue weighted by Gasteiger charge is 2.24. The van der Waals surface area contributed by atoms with Gasteiger partial charge in [0.05, 0.1) is 17.9 Å². The topological polar surface area (TPSA) is 104 Å². The minimum absolute atomic E-state index is 0.288. The van der Waals surface area contributed by atoms with Crippen molar-refractivity contribution in [1.29, 1.82) is 0 Å². The molecule has 0 bridgehead atoms. The molecule has 0 aromatic rings. The molecule has 0 fully saturated rings. The number of rotatable bonds is 28. The van der Waals surface area contributed by atoms with Crippen molar-refractivity contribution >= 4 is 16.0 Å². The van der Waals surface area contributed by atoms with Crippen molar-refractivity contribution in [3.63, 3.8) is 0 Å². The lowest BCUT2D eigenvalue weighted by Crippen LogP contribution is -2.46. The molecule has 0 rings (SSSR count). The van der Waals surface area contributed by atoms with E-state index < -0.39 is 28.0 Å². The van der Waals surface area contributed by atoms with E-state index in [-0.39, 0.29) is 12.3 Å². The monoisotopic (exact) mass is 571 g/mol. The zero-order valence-corrected chi connectivity index (χ0v) is 26.1. The molecule has 6 nitrogen and oxygen atoms in total. The average Bonchev–Trinajstić information content (AvgIpc) is 2.88. The molecule has 39 heavy (non-hydrogen) atoms. The Bertz CT molecular complexity index is 720. The van der Waals surface area contributed by atoms with Crippen LogP contribution in [0.1, 0.15) is 155 Å². The lowest BCUT2D eigenvalue weighted by atomic mass is 10.1. The van der Waals surface area contributed by atoms with Crippen LogP contribution in [0.5, 0.6) is 0 Å². The number of carbonyl (C=O) groups excluding carboxylic acids is 1. The fraction of sp³-hybridized carbons (Fsp3) is 0.844. The summed E-state index contributed by atoms with van der Waals surface area (Å²) in [4.78, 5) is 12.3. The Balaban J connectivity index is 4.05. The summed E-state index contributed by atoms with van der Waals surface area (Å²) in [5, 5.41) is 13.0. The number of unbranched alkanes of at least 4 members (excludes halogenated alkanes) is 18. The summed E-state index contributed by atoms with van der Waals surface area (Å²) >= 11 is 0. The van der Waals surface area contributed by atoms with Crippen LogP contribution in [0.25, 0.3) is 0 Å². The second kappa shape index (κ2) is 27.0. The molecule has 0 aliphatic carbocycles. The number of carbonyl (C=O) groups is 1. The van der Waals surface area contributed by atoms with Crippen LogP contribution in [-0.4, -0.2) is 41.9 Å². The van der Waals surface area contributed by atoms with E-state index in [4.69, 9.17) is 0 Å². The predicted molar refractivity (Wildman–Crippen MR) is 166 cm³/mol. The van der Waals surface area contributed by atoms with Crippen LogP contribution in [0.2, 0.25) is 0 Å². The van der Waals surface area contributed by atoms with E-state index >= 15 is 0 Å². The summed E-state index contributed by atoms with van der Waals surface area (Å²) in [6.07, 6.45) is 31.8. The highest BCUT2D eigenvalue weighted by molar-refractivity contribution is 7.85. The molecule has 0 aliphatic rings. The maximum atomic E-state index is 12.3. The van der Waals surface area contributed by atoms with Gasteiger partial charge < -0.3 is 10.4 Å². The van der Waals surface area contributed by atoms with Crippen molar-refractivity contribution in [3.05, 3.63) is 24.3 Å². The van der Waals surface area contributed by atoms with Crippen LogP contribution >= 0.6 is 0 Å². The van der Waals surface area contributed by atoms with E-state index in [9.17, 15) is 22.9 Å². The first-order valence-corrected chi connectivity index (χ1v) is 17.6. The van der Waals surface area contributed by atoms with Gasteiger partial charge in [-0.2, -0.15) is 8.42 Å². The second-order valence-corrected chi connectivity index (χ2v) is 12.6. The van der Waals surface area contributed by atoms with E-state index in [2.05, 4.69) is 31.3 Å². The lowest BCUT2D eigenvalue weighted by molar-refractivity contribution is -0.122. The summed E-state index contributed by atoms with van der Waals surface area (Å²) < 4.78 is 32.1. The minimum Gasteiger partial charge on any atom is -0.387 e. The van der Waals surface area contributed by atoms with Gasteiger partial charge in [-0.3, -0.25) is 9.35 Å². The fourth-order valence-corrected chi connectivity index (χ4v) is 5.43. The molecule has 230 valence electrons. The minimum atomic E-state index is -4.33. The number of allylic oxidation sites excluding steroid dienone is 3. The molecule has 0 saturated heterocycles. The summed E-state index contributed by atoms with van der Waals surface area (Å²) in [6, 6.07) is -1.06. The van der Waals surface area contributed by atoms with Crippen molar-refractivity contribution in [2.45, 2.75) is 167 Å². The van der Waals surface area contributed by atoms with Crippen molar-refractivity contribution in [2.24, 2.45) is 0 Å². The summed E-state index contributed by atoms with van der Waals surface area (Å²) in [5.41, 5.74) is 0. The molecule has 0 aromatic carbocycles. The van der Waals surface area contributed by atoms with E-state index in [0.717, 1.165) is 38.5 Å². The van der Waals surface area contributed by atoms with Gasteiger partial charge in [-0.1, -0.05) is 141 Å². The number of nitrogens with one attached hydrogen (secondary N) is 1. The molecule has 3 N–H and O–H groups in total. The number of hydrogen-bond acceptors (Lipinski definition) is 4. The average molecular weight is 572 g/mol. The molecule has 0 aliphatic heterocycles. The molecule has 0 radical (unpaired) electrons. The Hall–Kier alpha value is -1.18. The Morgan fingerprint density at radius 2 is 1.10 bits per heavy atom. The van der Waals surface area contributed by atoms with Gasteiger partial charge in [0.15, 0.2) is 0 Å². The van der Waals surface area contributed by atoms with Crippen LogP contribution in [-0.2, 0) is 14.9 Å². The van der Waals surface area contributed by atoms with Gasteiger partial charge >= 0.3 is 0 Å². The van der Waals surface area contributed by atoms with Crippen LogP contribution in [0.3, 0.4) is 0 Å². The highest BCUT2D eigenvalue weighted by Crippen LogP contribution is 2.13. The van der Waals surface area contributed by atoms with Crippen LogP contribution < -0.4 is 5.32 Å². The molecule has 0 spiro atoms. The number of aliphatic hydroxyl groups excluding tert-OH is 1. The first-order chi connectivity index (χ1) is 18.8. The molecule has 7 heteroatoms. The van der Waals surface area contributed by atoms with E-state index in [1.807, 2.05) is 0 Å². The standard InChI is InChI=1S/C32H61NO5S/c1-3-5-7-9-11-12-13-14-15-16-17-18-19-20-22-23-25-27-31(34)30(29-39(36,37)38)33-32(35)28-26-24-21-10-8-6-4-2/h19-20,25,27,30-31,34H,3-18,21-24,26,28-29H2,1-2H3,(H,33,35)(H,36,37,38)/b20-19+,27-25+. The largest absolute Gasteiger partial charge is 0.387 e. The Morgan fingerprint density at radius 1 is 0.667 bits per heavy atom. The third kappa shape index (κ3) is 28.2. The molecular formula is C32H61NO5S. The zero-order valence-electron chi connectivity index (χ0n) is 25.3. The van der Waals surface area contributed by atoms with Crippen molar-refractivity contribution in [3.8, 4) is 0 Å². The van der Waals surface area contributed by atoms with Crippen LogP contribution in [0, 0.1) is 0 Å². The maximum absolute atomic E-state index is 12.3. The van der Waals surface area contributed by atoms with Gasteiger partial charge in [0.2, 0.25) is 5.91 Å². The molecular weight excluding hydrogens is 510 g/mol. The van der Waals surface area contributed by atoms with E-state index in [0.29, 0.717) is 0 Å². The Kier molecular flexibility index (Phi) is 26.2. The first-order valence-electron chi connectivity index (χ1n) is 16.0. The zero-order chi connectivity index (χ0) is 29.0. The normalized spacial score (nSPS) is 13.8. The van der Waals surface area contributed by atoms with Gasteiger partial charge in [0.25, 0.3) is 10.1 Å². The maximum Gasteiger partial charge on any atom is 0.267 e. The number of amides is 1. The molecule has 0 heterocycles. The summed E-state index contributed by atoms with van der Waals surface area (Å²) in [7, 11) is -4.33. The van der Waals surface area contributed by atoms with Crippen molar-refractivity contribution in [1.82, 2.24) is 5.32 Å². The highest BCUT2D eigenvalue weighted by atomic mass is 32.2. The second-order valence-electron chi connectivity index (χ2n) is 11.1. The smallest absolute Gasteiger partial charge is 0.267 e. The number of aliphatic hydroxyl groups is 1. The van der Waals surface area contributed by atoms with Crippen molar-refractivity contribution in [2.75, 3.05) is 5.75 Å². The van der Waals surface area contributed by atoms with Gasteiger partial charge in [-0.05, 0) is 32.1 Å². The summed E-state index contributed by atoms with van der Waals surface area (Å²) in [6.45, 7) is 4.43. The van der Waals surface area contributed by atoms with E-state index in [1.165, 1.54) is 102 Å². The van der Waals surface area contributed by atoms with Gasteiger partial charge in [0, 0.05) is 6.42 Å². The first kappa shape index (κ1) is 37.8. The van der Waals surface area contributed by atoms with Gasteiger partial charge in [-0.15, -0.1) is 0 Å². The number of hydrogen-bond donors (Lipinski definition) is 3. The third-order valence-corrected chi connectivity index (χ3v) is 7.91. The molecule has 2 atom stereocenters. The Morgan fingerprint density at radius 3 is 1.62 bits per heavy atom. The van der Waals surface area contributed by atoms with E-state index in [1.54, 1.807) is 6.08 Å². The Labute approximate surface area is 241 Å². The van der Waals surface area contributed by atoms with Crippen LogP contribution in [0.15, 0.2) is 24.3 Å². The molecule has 0 aromatic heterocycles. The predicted octanol–water partition coefficient (Wildman–Crippen LogP) is 8.45.